The number of nitrogen functional groups attached to an aromatic ring is 2. The predicted molar refractivity (Wildman–Crippen MR) is 629 cm³/mol. The number of thiazole rings is 5. The van der Waals surface area contributed by atoms with Crippen LogP contribution in [-0.2, 0) is 6.42 Å². The first-order chi connectivity index (χ1) is 71.6. The summed E-state index contributed by atoms with van der Waals surface area (Å²) in [7, 11) is 0. The summed E-state index contributed by atoms with van der Waals surface area (Å²) in [5.41, 5.74) is 24.0. The summed E-state index contributed by atoms with van der Waals surface area (Å²) in [6, 6.07) is 140. The van der Waals surface area contributed by atoms with Crippen LogP contribution >= 0.6 is 103 Å². The molecule has 0 saturated carbocycles. The van der Waals surface area contributed by atoms with Gasteiger partial charge in [0.1, 0.15) is 10.4 Å². The molecule has 25 aromatic rings. The first-order valence-electron chi connectivity index (χ1n) is 45.3. The Morgan fingerprint density at radius 3 is 1.20 bits per heavy atom. The van der Waals surface area contributed by atoms with Gasteiger partial charge in [-0.3, -0.25) is 14.9 Å². The number of aldehydes is 1. The summed E-state index contributed by atoms with van der Waals surface area (Å²) in [5, 5.41) is 48.7. The molecular formula is C118H75ClIN13O3S6Se4. The number of nitrogens with zero attached hydrogens (tertiary/aromatic N) is 10. The molecule has 704 valence electrons. The number of nitriles is 3. The molecule has 0 saturated heterocycles. The van der Waals surface area contributed by atoms with Crippen LogP contribution in [0, 0.1) is 36.9 Å². The van der Waals surface area contributed by atoms with Gasteiger partial charge in [0.2, 0.25) is 5.12 Å². The average Bonchev–Trinajstić information content (AvgIpc) is 1.23. The van der Waals surface area contributed by atoms with Crippen LogP contribution in [0.15, 0.2) is 400 Å². The number of hydrogen-bond donors (Lipinski definition) is 3. The van der Waals surface area contributed by atoms with E-state index >= 15 is 0 Å². The number of benzene rings is 18. The number of nitrogens with one attached hydrogen (secondary N) is 1. The number of rotatable bonds is 9. The number of anilines is 9. The van der Waals surface area contributed by atoms with Gasteiger partial charge in [-0.1, -0.05) is 204 Å². The monoisotopic (exact) mass is 2390 g/mol. The number of para-hydroxylation sites is 4. The number of carbonyl (C=O) groups excluding carboxylic acids is 3. The summed E-state index contributed by atoms with van der Waals surface area (Å²) in [5.74, 6) is -0.135. The zero-order valence-corrected chi connectivity index (χ0v) is 91.3. The van der Waals surface area contributed by atoms with Crippen molar-refractivity contribution in [2.24, 2.45) is 0 Å². The standard InChI is InChI=1S/C30H17N3SSe2.C18H12N2OS.C17H11NOSe2.C13H8N2S.C11H6ClNS.C11H8N2S.C10H8IN.C8H5NOS/c31-18-21(30-32-23-16-19-7-1-2-8-20(19)17-26(23)34-30)15-22-13-14-29(35-22)33-24-9-3-5-11-27(24)36-28-12-6-4-10-25(28)33;21-17(12-6-2-1-3-7-12)20-18-19-15-10-13-8-4-5-9-14(13)11-16(15)22-18;19-11-12-9-10-17(20-12)18-13-5-1-3-7-15(13)21-16-8-4-2-6-14(16)18;14-6-5-13-15-11-7-9-3-1-2-4-10(9)8-12(11)16-13;2*12-11-13-9-5-7-3-1-2-4-8(7)6-10(9)14-11;11-9-5-7-3-1-2-4-8(7)6-10(9)12;9-6-11-8(10)7-4-2-1-3-5-7/h1-17H;1-11H,(H,19,20,21);1-11H;1-4,7-8H,5H2;1-6H;1-6H,(H2,12,13);1-6H,12H2;1-5H/b21-15+;;;;;;;. The van der Waals surface area contributed by atoms with Gasteiger partial charge >= 0.3 is 361 Å². The van der Waals surface area contributed by atoms with Gasteiger partial charge in [0, 0.05) is 32.1 Å². The van der Waals surface area contributed by atoms with E-state index in [2.05, 4.69) is 331 Å². The molecule has 5 N–H and O–H groups in total. The van der Waals surface area contributed by atoms with Crippen LogP contribution in [0.25, 0.3) is 127 Å². The number of amides is 1. The van der Waals surface area contributed by atoms with Crippen LogP contribution in [0.1, 0.15) is 44.4 Å². The molecule has 0 aliphatic carbocycles. The maximum atomic E-state index is 12.2. The molecule has 0 spiro atoms. The number of fused-ring (bicyclic) bond motifs is 15. The molecule has 0 atom stereocenters. The summed E-state index contributed by atoms with van der Waals surface area (Å²) in [6.07, 6.45) is 3.41. The van der Waals surface area contributed by atoms with Gasteiger partial charge in [0.15, 0.2) is 14.7 Å². The minimum absolute atomic E-state index is 0.0814. The molecule has 27 rings (SSSR count). The first-order valence-corrected chi connectivity index (χ1v) is 58.6. The normalized spacial score (nSPS) is 11.5. The molecule has 7 aromatic heterocycles. The number of carbonyl (C=O) groups is 3. The van der Waals surface area contributed by atoms with Crippen LogP contribution in [0.4, 0.5) is 47.8 Å². The predicted octanol–water partition coefficient (Wildman–Crippen LogP) is 28.4. The van der Waals surface area contributed by atoms with E-state index in [0.717, 1.165) is 86.5 Å². The molecule has 2 aliphatic rings. The Labute approximate surface area is 906 Å². The number of thiocyanates is 1. The van der Waals surface area contributed by atoms with Gasteiger partial charge in [-0.05, 0) is 149 Å². The Balaban J connectivity index is 0.000000105. The van der Waals surface area contributed by atoms with E-state index < -0.39 is 0 Å². The van der Waals surface area contributed by atoms with Gasteiger partial charge < -0.3 is 11.5 Å². The molecular weight excluding hydrogens is 2320 g/mol. The molecule has 146 heavy (non-hydrogen) atoms. The Morgan fingerprint density at radius 1 is 0.390 bits per heavy atom. The fourth-order valence-corrected chi connectivity index (χ4v) is 30.0. The summed E-state index contributed by atoms with van der Waals surface area (Å²) in [6.45, 7) is 0. The van der Waals surface area contributed by atoms with Crippen molar-refractivity contribution in [1.29, 1.82) is 15.8 Å². The van der Waals surface area contributed by atoms with Crippen molar-refractivity contribution in [3.8, 4) is 17.5 Å². The Hall–Kier alpha value is -14.4. The number of halogens is 2. The second kappa shape index (κ2) is 46.3. The molecule has 1 amide bonds. The van der Waals surface area contributed by atoms with Gasteiger partial charge in [-0.2, -0.15) is 10.5 Å². The third kappa shape index (κ3) is 23.3. The van der Waals surface area contributed by atoms with Crippen molar-refractivity contribution in [3.05, 3.63) is 438 Å². The zero-order valence-electron chi connectivity index (χ0n) is 76.7. The van der Waals surface area contributed by atoms with Crippen molar-refractivity contribution >= 4 is 372 Å². The molecule has 0 radical (unpaired) electrons. The van der Waals surface area contributed by atoms with Gasteiger partial charge in [0.25, 0.3) is 5.91 Å². The van der Waals surface area contributed by atoms with Gasteiger partial charge in [-0.25, -0.2) is 19.9 Å². The number of aromatic nitrogens is 5. The Morgan fingerprint density at radius 2 is 0.753 bits per heavy atom. The van der Waals surface area contributed by atoms with E-state index in [1.165, 1.54) is 147 Å². The molecule has 0 unspecified atom stereocenters. The summed E-state index contributed by atoms with van der Waals surface area (Å²) < 4.78 is 17.6. The second-order valence-electron chi connectivity index (χ2n) is 32.6. The van der Waals surface area contributed by atoms with E-state index in [-0.39, 0.29) is 40.0 Å². The number of thioether (sulfide) groups is 1. The average molecular weight is 2390 g/mol. The number of allylic oxidation sites excluding steroid dienone is 1. The van der Waals surface area contributed by atoms with Crippen molar-refractivity contribution in [2.75, 3.05) is 26.6 Å². The number of nitrogens with two attached hydrogens (primary N) is 2. The fraction of sp³-hybridized carbons (Fsp3) is 0.00847. The van der Waals surface area contributed by atoms with Crippen LogP contribution in [0.2, 0.25) is 4.47 Å². The number of hydrogen-bond acceptors (Lipinski definition) is 21. The Kier molecular flexibility index (Phi) is 31.4. The maximum absolute atomic E-state index is 12.2. The summed E-state index contributed by atoms with van der Waals surface area (Å²) >= 11 is 17.3. The van der Waals surface area contributed by atoms with E-state index in [9.17, 15) is 19.6 Å². The van der Waals surface area contributed by atoms with E-state index in [4.69, 9.17) is 38.6 Å². The molecule has 18 aromatic carbocycles. The minimum atomic E-state index is -0.201. The third-order valence-corrected chi connectivity index (χ3v) is 38.5. The molecule has 9 heterocycles. The second-order valence-corrected chi connectivity index (χ2v) is 49.5. The van der Waals surface area contributed by atoms with Gasteiger partial charge in [0.05, 0.1) is 53.4 Å². The van der Waals surface area contributed by atoms with Crippen LogP contribution < -0.4 is 44.4 Å². The van der Waals surface area contributed by atoms with E-state index in [0.29, 0.717) is 79.5 Å². The van der Waals surface area contributed by atoms with Crippen LogP contribution in [-0.4, -0.2) is 101 Å². The molecule has 0 bridgehead atoms. The van der Waals surface area contributed by atoms with Crippen molar-refractivity contribution in [1.82, 2.24) is 24.9 Å². The first kappa shape index (κ1) is 99.0. The molecule has 28 heteroatoms. The zero-order chi connectivity index (χ0) is 99.9. The Bertz CT molecular complexity index is 8890. The molecule has 0 fully saturated rings. The van der Waals surface area contributed by atoms with Crippen LogP contribution in [0.3, 0.4) is 0 Å². The van der Waals surface area contributed by atoms with Crippen molar-refractivity contribution in [2.45, 2.75) is 6.42 Å². The van der Waals surface area contributed by atoms with E-state index in [1.54, 1.807) is 64.5 Å². The summed E-state index contributed by atoms with van der Waals surface area (Å²) in [4.78, 5) is 61.2. The van der Waals surface area contributed by atoms with E-state index in [1.807, 2.05) is 109 Å². The van der Waals surface area contributed by atoms with Crippen molar-refractivity contribution < 1.29 is 14.4 Å². The van der Waals surface area contributed by atoms with Crippen LogP contribution in [0.5, 0.6) is 0 Å². The molecule has 16 nitrogen and oxygen atoms in total. The topological polar surface area (TPSA) is 258 Å². The molecule has 2 aliphatic heterocycles. The van der Waals surface area contributed by atoms with Crippen molar-refractivity contribution in [3.63, 3.8) is 0 Å². The SMILES string of the molecule is Clc1nc2cc3ccccc3cc2s1.N#C/C(=C\c1ccc(N2c3ccccc3[Se]c3ccccc32)[se]1)c1nc2cc3ccccc3cc2s1.N#CCc1nc2cc3ccccc3cc2s1.N#CSC(=O)c1ccccc1.Nc1cc2ccccc2cc1I.Nc1nc2cc3ccccc3cc2s1.O=C(Nc1nc2cc3ccccc3cc2s1)c1ccccc1.O=Cc1ccc(N2c3ccccc3[Se]c3ccccc32)[se]1. The fourth-order valence-electron chi connectivity index (χ4n) is 16.3. The third-order valence-electron chi connectivity index (χ3n) is 23.1. The van der Waals surface area contributed by atoms with Gasteiger partial charge in [-0.15, -0.1) is 22.7 Å². The quantitative estimate of drug-likeness (QED) is 0.0303.